The maximum Gasteiger partial charge on any atom is 0.208 e. The standard InChI is InChI=1S/C21H26Cl2N4O/c1-5-10-27(11-6-2)17-9-7-8-15-19(17)26(4)21(24-15)25-16-12-14(22)13(3)18(23)20(16)28/h7-9,12,28H,5-6,10-11H2,1-4H3,(H,24,25). The molecule has 7 heteroatoms. The number of hydrogen-bond acceptors (Lipinski definition) is 4. The van der Waals surface area contributed by atoms with E-state index in [9.17, 15) is 5.11 Å². The highest BCUT2D eigenvalue weighted by Gasteiger charge is 2.18. The van der Waals surface area contributed by atoms with Gasteiger partial charge in [0.1, 0.15) is 0 Å². The van der Waals surface area contributed by atoms with Crippen molar-refractivity contribution in [3.05, 3.63) is 39.9 Å². The van der Waals surface area contributed by atoms with Gasteiger partial charge in [-0.25, -0.2) is 4.98 Å². The molecule has 2 N–H and O–H groups in total. The smallest absolute Gasteiger partial charge is 0.208 e. The lowest BCUT2D eigenvalue weighted by Crippen LogP contribution is -2.25. The number of aromatic nitrogens is 2. The molecule has 0 saturated carbocycles. The monoisotopic (exact) mass is 420 g/mol. The van der Waals surface area contributed by atoms with Gasteiger partial charge in [0.05, 0.1) is 27.4 Å². The minimum absolute atomic E-state index is 0.0329. The summed E-state index contributed by atoms with van der Waals surface area (Å²) in [6.07, 6.45) is 2.15. The van der Waals surface area contributed by atoms with Gasteiger partial charge < -0.3 is 19.9 Å². The molecule has 3 aromatic rings. The highest BCUT2D eigenvalue weighted by Crippen LogP contribution is 2.40. The van der Waals surface area contributed by atoms with Crippen molar-refractivity contribution in [1.29, 1.82) is 0 Å². The number of nitrogens with one attached hydrogen (secondary N) is 1. The Labute approximate surface area is 175 Å². The zero-order valence-corrected chi connectivity index (χ0v) is 18.2. The van der Waals surface area contributed by atoms with Crippen molar-refractivity contribution >= 4 is 51.6 Å². The van der Waals surface area contributed by atoms with Crippen LogP contribution in [0.25, 0.3) is 11.0 Å². The number of fused-ring (bicyclic) bond motifs is 1. The van der Waals surface area contributed by atoms with Crippen LogP contribution in [0.4, 0.5) is 17.3 Å². The van der Waals surface area contributed by atoms with Gasteiger partial charge in [-0.1, -0.05) is 43.1 Å². The molecule has 0 unspecified atom stereocenters. The number of aromatic hydroxyl groups is 1. The van der Waals surface area contributed by atoms with E-state index in [4.69, 9.17) is 28.2 Å². The van der Waals surface area contributed by atoms with Crippen molar-refractivity contribution in [1.82, 2.24) is 9.55 Å². The van der Waals surface area contributed by atoms with Gasteiger partial charge in [-0.15, -0.1) is 0 Å². The molecule has 2 aromatic carbocycles. The Balaban J connectivity index is 2.08. The summed E-state index contributed by atoms with van der Waals surface area (Å²) in [5.41, 5.74) is 4.18. The fraction of sp³-hybridized carbons (Fsp3) is 0.381. The van der Waals surface area contributed by atoms with Crippen LogP contribution in [-0.2, 0) is 7.05 Å². The van der Waals surface area contributed by atoms with E-state index >= 15 is 0 Å². The van der Waals surface area contributed by atoms with Gasteiger partial charge in [0.2, 0.25) is 5.95 Å². The molecule has 1 heterocycles. The molecule has 0 aliphatic heterocycles. The molecular formula is C21H26Cl2N4O. The van der Waals surface area contributed by atoms with Crippen LogP contribution in [0, 0.1) is 6.92 Å². The minimum atomic E-state index is -0.0329. The van der Waals surface area contributed by atoms with E-state index in [1.807, 2.05) is 23.7 Å². The highest BCUT2D eigenvalue weighted by atomic mass is 35.5. The lowest BCUT2D eigenvalue weighted by atomic mass is 10.2. The van der Waals surface area contributed by atoms with E-state index in [0.717, 1.165) is 42.7 Å². The van der Waals surface area contributed by atoms with Gasteiger partial charge >= 0.3 is 0 Å². The third kappa shape index (κ3) is 3.74. The third-order valence-electron chi connectivity index (χ3n) is 4.87. The Morgan fingerprint density at radius 3 is 2.50 bits per heavy atom. The Kier molecular flexibility index (Phi) is 6.26. The quantitative estimate of drug-likeness (QED) is 0.442. The van der Waals surface area contributed by atoms with Crippen molar-refractivity contribution in [3.8, 4) is 5.75 Å². The van der Waals surface area contributed by atoms with Gasteiger partial charge in [0.25, 0.3) is 0 Å². The van der Waals surface area contributed by atoms with E-state index in [2.05, 4.69) is 30.1 Å². The highest BCUT2D eigenvalue weighted by molar-refractivity contribution is 6.37. The molecule has 0 spiro atoms. The van der Waals surface area contributed by atoms with E-state index < -0.39 is 0 Å². The molecule has 0 amide bonds. The van der Waals surface area contributed by atoms with Gasteiger partial charge in [-0.3, -0.25) is 0 Å². The largest absolute Gasteiger partial charge is 0.504 e. The Hall–Kier alpha value is -2.11. The second-order valence-corrected chi connectivity index (χ2v) is 7.73. The Morgan fingerprint density at radius 1 is 1.18 bits per heavy atom. The van der Waals surface area contributed by atoms with Crippen molar-refractivity contribution in [2.24, 2.45) is 7.05 Å². The van der Waals surface area contributed by atoms with E-state index in [1.54, 1.807) is 13.0 Å². The summed E-state index contributed by atoms with van der Waals surface area (Å²) >= 11 is 12.4. The normalized spacial score (nSPS) is 11.2. The first kappa shape index (κ1) is 20.6. The van der Waals surface area contributed by atoms with E-state index in [-0.39, 0.29) is 10.8 Å². The summed E-state index contributed by atoms with van der Waals surface area (Å²) in [5.74, 6) is 0.580. The number of phenols is 1. The van der Waals surface area contributed by atoms with Gasteiger partial charge in [0.15, 0.2) is 5.75 Å². The van der Waals surface area contributed by atoms with Crippen LogP contribution in [0.2, 0.25) is 10.0 Å². The molecular weight excluding hydrogens is 395 g/mol. The van der Waals surface area contributed by atoms with Crippen LogP contribution in [0.5, 0.6) is 5.75 Å². The molecule has 0 aliphatic carbocycles. The molecule has 0 radical (unpaired) electrons. The summed E-state index contributed by atoms with van der Waals surface area (Å²) in [6, 6.07) is 7.83. The van der Waals surface area contributed by atoms with Crippen molar-refractivity contribution in [2.75, 3.05) is 23.3 Å². The number of hydrogen-bond donors (Lipinski definition) is 2. The molecule has 5 nitrogen and oxygen atoms in total. The van der Waals surface area contributed by atoms with Crippen molar-refractivity contribution in [2.45, 2.75) is 33.6 Å². The second kappa shape index (κ2) is 8.50. The summed E-state index contributed by atoms with van der Waals surface area (Å²) in [6.45, 7) is 8.13. The van der Waals surface area contributed by atoms with E-state index in [0.29, 0.717) is 22.2 Å². The predicted molar refractivity (Wildman–Crippen MR) is 120 cm³/mol. The third-order valence-corrected chi connectivity index (χ3v) is 5.72. The zero-order valence-electron chi connectivity index (χ0n) is 16.7. The zero-order chi connectivity index (χ0) is 20.4. The SMILES string of the molecule is CCCN(CCC)c1cccc2nc(Nc3cc(Cl)c(C)c(Cl)c3O)n(C)c12. The van der Waals surface area contributed by atoms with Gasteiger partial charge in [-0.05, 0) is 43.5 Å². The number of aryl methyl sites for hydroxylation is 1. The molecule has 0 fully saturated rings. The first-order chi connectivity index (χ1) is 13.4. The maximum absolute atomic E-state index is 10.4. The van der Waals surface area contributed by atoms with Crippen LogP contribution < -0.4 is 10.2 Å². The summed E-state index contributed by atoms with van der Waals surface area (Å²) < 4.78 is 2.00. The fourth-order valence-electron chi connectivity index (χ4n) is 3.43. The first-order valence-electron chi connectivity index (χ1n) is 9.53. The number of halogens is 2. The van der Waals surface area contributed by atoms with Gasteiger partial charge in [0, 0.05) is 25.2 Å². The molecule has 0 bridgehead atoms. The number of nitrogens with zero attached hydrogens (tertiary/aromatic N) is 3. The molecule has 0 atom stereocenters. The number of imidazole rings is 1. The Morgan fingerprint density at radius 2 is 1.86 bits per heavy atom. The van der Waals surface area contributed by atoms with Gasteiger partial charge in [-0.2, -0.15) is 0 Å². The molecule has 1 aromatic heterocycles. The lowest BCUT2D eigenvalue weighted by molar-refractivity contribution is 0.477. The van der Waals surface area contributed by atoms with Crippen LogP contribution in [0.1, 0.15) is 32.3 Å². The van der Waals surface area contributed by atoms with Crippen LogP contribution >= 0.6 is 23.2 Å². The number of anilines is 3. The Bertz CT molecular complexity index is 994. The van der Waals surface area contributed by atoms with Crippen LogP contribution in [-0.4, -0.2) is 27.7 Å². The van der Waals surface area contributed by atoms with Crippen molar-refractivity contribution < 1.29 is 5.11 Å². The fourth-order valence-corrected chi connectivity index (χ4v) is 3.88. The molecule has 0 saturated heterocycles. The number of phenolic OH excluding ortho intramolecular Hbond substituents is 1. The summed E-state index contributed by atoms with van der Waals surface area (Å²) in [5, 5.41) is 14.3. The molecule has 150 valence electrons. The predicted octanol–water partition coefficient (Wildman–Crippen LogP) is 6.26. The van der Waals surface area contributed by atoms with Crippen LogP contribution in [0.3, 0.4) is 0 Å². The van der Waals surface area contributed by atoms with Crippen molar-refractivity contribution in [3.63, 3.8) is 0 Å². The first-order valence-corrected chi connectivity index (χ1v) is 10.3. The average Bonchev–Trinajstić information content (AvgIpc) is 3.00. The molecule has 0 aliphatic rings. The van der Waals surface area contributed by atoms with E-state index in [1.165, 1.54) is 0 Å². The number of rotatable bonds is 7. The molecule has 3 rings (SSSR count). The lowest BCUT2D eigenvalue weighted by Gasteiger charge is -2.25. The summed E-state index contributed by atoms with van der Waals surface area (Å²) in [7, 11) is 1.96. The molecule has 28 heavy (non-hydrogen) atoms. The van der Waals surface area contributed by atoms with Crippen LogP contribution in [0.15, 0.2) is 24.3 Å². The second-order valence-electron chi connectivity index (χ2n) is 6.94. The maximum atomic E-state index is 10.4. The topological polar surface area (TPSA) is 53.3 Å². The average molecular weight is 421 g/mol. The minimum Gasteiger partial charge on any atom is -0.504 e. The number of benzene rings is 2. The summed E-state index contributed by atoms with van der Waals surface area (Å²) in [4.78, 5) is 7.12. The number of para-hydroxylation sites is 1.